The third-order valence-electron chi connectivity index (χ3n) is 4.76. The highest BCUT2D eigenvalue weighted by Gasteiger charge is 2.64. The van der Waals surface area contributed by atoms with E-state index in [0.29, 0.717) is 5.56 Å². The van der Waals surface area contributed by atoms with Crippen molar-refractivity contribution in [2.45, 2.75) is 24.2 Å². The minimum Gasteiger partial charge on any atom is -0.356 e. The van der Waals surface area contributed by atoms with Crippen LogP contribution in [0.15, 0.2) is 72.9 Å². The Balaban J connectivity index is 2.14. The largest absolute Gasteiger partial charge is 0.430 e. The smallest absolute Gasteiger partial charge is 0.356 e. The van der Waals surface area contributed by atoms with Crippen LogP contribution >= 0.6 is 0 Å². The molecule has 3 rings (SSSR count). The van der Waals surface area contributed by atoms with Crippen molar-refractivity contribution in [2.24, 2.45) is 0 Å². The number of halogens is 3. The molecule has 1 aliphatic rings. The van der Waals surface area contributed by atoms with E-state index in [-0.39, 0.29) is 17.8 Å². The van der Waals surface area contributed by atoms with Gasteiger partial charge in [0.2, 0.25) is 0 Å². The summed E-state index contributed by atoms with van der Waals surface area (Å²) in [5, 5.41) is 0. The molecule has 28 heavy (non-hydrogen) atoms. The topological polar surface area (TPSA) is 46.6 Å². The van der Waals surface area contributed by atoms with Crippen LogP contribution in [0.2, 0.25) is 0 Å². The molecule has 4 nitrogen and oxygen atoms in total. The number of carbonyl (C=O) groups excluding carboxylic acids is 2. The van der Waals surface area contributed by atoms with Crippen LogP contribution < -0.4 is 0 Å². The Kier molecular flexibility index (Phi) is 5.38. The molecule has 1 amide bonds. The minimum absolute atomic E-state index is 0.112. The first kappa shape index (κ1) is 19.8. The van der Waals surface area contributed by atoms with E-state index in [9.17, 15) is 22.8 Å². The number of carbonyl (C=O) groups is 2. The summed E-state index contributed by atoms with van der Waals surface area (Å²) in [6.07, 6.45) is -2.91. The van der Waals surface area contributed by atoms with Gasteiger partial charge in [0.1, 0.15) is 0 Å². The van der Waals surface area contributed by atoms with Gasteiger partial charge in [-0.25, -0.2) is 0 Å². The van der Waals surface area contributed by atoms with Gasteiger partial charge in [0.05, 0.1) is 6.04 Å². The fraction of sp³-hybridized carbons (Fsp3) is 0.238. The van der Waals surface area contributed by atoms with Crippen LogP contribution in [0.3, 0.4) is 0 Å². The van der Waals surface area contributed by atoms with Gasteiger partial charge < -0.3 is 9.64 Å². The van der Waals surface area contributed by atoms with Gasteiger partial charge in [0.15, 0.2) is 5.78 Å². The fourth-order valence-corrected chi connectivity index (χ4v) is 3.37. The molecule has 0 bridgehead atoms. The number of ether oxygens (including phenoxy) is 1. The molecule has 0 unspecified atom stereocenters. The van der Waals surface area contributed by atoms with Crippen LogP contribution in [0.25, 0.3) is 0 Å². The van der Waals surface area contributed by atoms with Gasteiger partial charge >= 0.3 is 6.18 Å². The van der Waals surface area contributed by atoms with Crippen LogP contribution in [-0.4, -0.2) is 29.9 Å². The highest BCUT2D eigenvalue weighted by molar-refractivity contribution is 5.95. The lowest BCUT2D eigenvalue weighted by molar-refractivity contribution is -0.270. The number of allylic oxidation sites excluding steroid dienone is 1. The molecule has 1 aliphatic heterocycles. The third kappa shape index (κ3) is 3.33. The Morgan fingerprint density at radius 2 is 1.61 bits per heavy atom. The minimum atomic E-state index is -5.02. The molecule has 0 N–H and O–H groups in total. The number of hydrogen-bond acceptors (Lipinski definition) is 3. The Hall–Kier alpha value is -2.93. The van der Waals surface area contributed by atoms with E-state index in [4.69, 9.17) is 4.74 Å². The highest BCUT2D eigenvalue weighted by Crippen LogP contribution is 2.45. The predicted octanol–water partition coefficient (Wildman–Crippen LogP) is 4.15. The van der Waals surface area contributed by atoms with Crippen molar-refractivity contribution in [2.75, 3.05) is 7.11 Å². The van der Waals surface area contributed by atoms with Gasteiger partial charge in [0, 0.05) is 25.3 Å². The summed E-state index contributed by atoms with van der Waals surface area (Å²) < 4.78 is 47.5. The lowest BCUT2D eigenvalue weighted by atomic mass is 9.88. The van der Waals surface area contributed by atoms with E-state index in [1.807, 2.05) is 0 Å². The Labute approximate surface area is 160 Å². The number of amides is 1. The monoisotopic (exact) mass is 389 g/mol. The number of ketones is 1. The predicted molar refractivity (Wildman–Crippen MR) is 96.0 cm³/mol. The standard InChI is InChI=1S/C21H18F3NO3/c1-28-20(21(22,23)24,16-10-6-3-7-11-16)19(27)25-13-12-17(26)14-18(25)15-8-4-2-5-9-15/h2-13,18H,14H2,1H3/t18-,20+/m1/s1. The molecular weight excluding hydrogens is 371 g/mol. The summed E-state index contributed by atoms with van der Waals surface area (Å²) in [5.41, 5.74) is -2.95. The van der Waals surface area contributed by atoms with Crippen molar-refractivity contribution in [3.05, 3.63) is 84.1 Å². The number of hydrogen-bond donors (Lipinski definition) is 0. The molecule has 146 valence electrons. The van der Waals surface area contributed by atoms with Gasteiger partial charge in [-0.2, -0.15) is 13.2 Å². The van der Waals surface area contributed by atoms with Gasteiger partial charge in [-0.05, 0) is 11.6 Å². The molecule has 7 heteroatoms. The van der Waals surface area contributed by atoms with E-state index < -0.39 is 23.7 Å². The van der Waals surface area contributed by atoms with Gasteiger partial charge in [0.25, 0.3) is 11.5 Å². The average molecular weight is 389 g/mol. The first-order valence-corrected chi connectivity index (χ1v) is 8.57. The Bertz CT molecular complexity index is 881. The van der Waals surface area contributed by atoms with Crippen LogP contribution in [0.5, 0.6) is 0 Å². The molecule has 0 saturated carbocycles. The van der Waals surface area contributed by atoms with Gasteiger partial charge in [-0.1, -0.05) is 60.7 Å². The first-order valence-electron chi connectivity index (χ1n) is 8.57. The molecule has 0 fully saturated rings. The molecule has 0 radical (unpaired) electrons. The number of rotatable bonds is 4. The first-order chi connectivity index (χ1) is 13.3. The molecule has 1 heterocycles. The molecule has 2 aromatic carbocycles. The second-order valence-corrected chi connectivity index (χ2v) is 6.37. The lowest BCUT2D eigenvalue weighted by Crippen LogP contribution is -2.56. The van der Waals surface area contributed by atoms with Crippen LogP contribution in [0.1, 0.15) is 23.6 Å². The van der Waals surface area contributed by atoms with Crippen molar-refractivity contribution in [1.82, 2.24) is 4.90 Å². The zero-order valence-corrected chi connectivity index (χ0v) is 15.0. The second kappa shape index (κ2) is 7.59. The van der Waals surface area contributed by atoms with Gasteiger partial charge in [-0.15, -0.1) is 0 Å². The maximum absolute atomic E-state index is 14.2. The van der Waals surface area contributed by atoms with E-state index in [1.54, 1.807) is 36.4 Å². The Morgan fingerprint density at radius 1 is 1.04 bits per heavy atom. The maximum Gasteiger partial charge on any atom is 0.430 e. The van der Waals surface area contributed by atoms with E-state index in [0.717, 1.165) is 24.3 Å². The van der Waals surface area contributed by atoms with Crippen molar-refractivity contribution < 1.29 is 27.5 Å². The average Bonchev–Trinajstić information content (AvgIpc) is 2.69. The molecule has 0 saturated heterocycles. The van der Waals surface area contributed by atoms with Crippen LogP contribution in [-0.2, 0) is 19.9 Å². The number of alkyl halides is 3. The summed E-state index contributed by atoms with van der Waals surface area (Å²) in [4.78, 5) is 26.2. The van der Waals surface area contributed by atoms with Gasteiger partial charge in [-0.3, -0.25) is 9.59 Å². The summed E-state index contributed by atoms with van der Waals surface area (Å²) in [7, 11) is 0.856. The zero-order valence-electron chi connectivity index (χ0n) is 15.0. The van der Waals surface area contributed by atoms with E-state index in [1.165, 1.54) is 24.3 Å². The summed E-state index contributed by atoms with van der Waals surface area (Å²) in [6, 6.07) is 14.4. The molecule has 0 spiro atoms. The quantitative estimate of drug-likeness (QED) is 0.789. The SMILES string of the molecule is CO[C@](C(=O)N1C=CC(=O)C[C@@H]1c1ccccc1)(c1ccccc1)C(F)(F)F. The maximum atomic E-state index is 14.2. The molecule has 2 atom stereocenters. The second-order valence-electron chi connectivity index (χ2n) is 6.37. The number of methoxy groups -OCH3 is 1. The normalized spacial score (nSPS) is 19.4. The van der Waals surface area contributed by atoms with Crippen molar-refractivity contribution in [1.29, 1.82) is 0 Å². The molecule has 0 aromatic heterocycles. The molecule has 0 aliphatic carbocycles. The zero-order chi connectivity index (χ0) is 20.4. The van der Waals surface area contributed by atoms with E-state index in [2.05, 4.69) is 0 Å². The summed E-state index contributed by atoms with van der Waals surface area (Å²) >= 11 is 0. The third-order valence-corrected chi connectivity index (χ3v) is 4.76. The van der Waals surface area contributed by atoms with Crippen molar-refractivity contribution in [3.63, 3.8) is 0 Å². The number of nitrogens with zero attached hydrogens (tertiary/aromatic N) is 1. The van der Waals surface area contributed by atoms with Crippen molar-refractivity contribution in [3.8, 4) is 0 Å². The highest BCUT2D eigenvalue weighted by atomic mass is 19.4. The summed E-state index contributed by atoms with van der Waals surface area (Å²) in [5.74, 6) is -1.57. The lowest BCUT2D eigenvalue weighted by Gasteiger charge is -2.40. The van der Waals surface area contributed by atoms with Crippen LogP contribution in [0.4, 0.5) is 13.2 Å². The van der Waals surface area contributed by atoms with Crippen LogP contribution in [0, 0.1) is 0 Å². The summed E-state index contributed by atoms with van der Waals surface area (Å²) in [6.45, 7) is 0. The van der Waals surface area contributed by atoms with Crippen molar-refractivity contribution >= 4 is 11.7 Å². The molecular formula is C21H18F3NO3. The fourth-order valence-electron chi connectivity index (χ4n) is 3.37. The number of benzene rings is 2. The Morgan fingerprint density at radius 3 is 2.14 bits per heavy atom. The van der Waals surface area contributed by atoms with E-state index >= 15 is 0 Å². The molecule has 2 aromatic rings.